The molecule has 1 aromatic carbocycles. The molecule has 1 N–H and O–H groups in total. The molecule has 0 fully saturated rings. The Labute approximate surface area is 127 Å². The van der Waals surface area contributed by atoms with Gasteiger partial charge in [-0.2, -0.15) is 0 Å². The summed E-state index contributed by atoms with van der Waals surface area (Å²) < 4.78 is 10.2. The van der Waals surface area contributed by atoms with Crippen molar-refractivity contribution < 1.29 is 19.4 Å². The van der Waals surface area contributed by atoms with Crippen LogP contribution in [0.3, 0.4) is 0 Å². The molecule has 2 rings (SSSR count). The number of carboxylic acid groups (broad SMARTS) is 1. The minimum absolute atomic E-state index is 0.227. The zero-order chi connectivity index (χ0) is 15.4. The Bertz CT molecular complexity index is 617. The molecule has 5 nitrogen and oxygen atoms in total. The van der Waals surface area contributed by atoms with Gasteiger partial charge in [0.1, 0.15) is 9.88 Å². The SMILES string of the molecule is COC(Cc1nc(-c2ccc(C)cc2)sc1C(=O)O)OC. The number of aromatic nitrogens is 1. The molecule has 0 radical (unpaired) electrons. The Kier molecular flexibility index (Phi) is 5.06. The number of carbonyl (C=O) groups is 1. The maximum Gasteiger partial charge on any atom is 0.347 e. The van der Waals surface area contributed by atoms with Crippen LogP contribution in [0.5, 0.6) is 0 Å². The first kappa shape index (κ1) is 15.6. The Hall–Kier alpha value is -1.76. The molecule has 0 aliphatic carbocycles. The zero-order valence-electron chi connectivity index (χ0n) is 12.1. The number of hydrogen-bond acceptors (Lipinski definition) is 5. The van der Waals surface area contributed by atoms with Crippen molar-refractivity contribution in [3.05, 3.63) is 40.4 Å². The zero-order valence-corrected chi connectivity index (χ0v) is 12.9. The van der Waals surface area contributed by atoms with E-state index in [1.807, 2.05) is 31.2 Å². The van der Waals surface area contributed by atoms with Gasteiger partial charge in [-0.1, -0.05) is 29.8 Å². The van der Waals surface area contributed by atoms with Gasteiger partial charge in [0.25, 0.3) is 0 Å². The van der Waals surface area contributed by atoms with Crippen LogP contribution in [0.25, 0.3) is 10.6 Å². The van der Waals surface area contributed by atoms with E-state index < -0.39 is 12.3 Å². The summed E-state index contributed by atoms with van der Waals surface area (Å²) in [6.07, 6.45) is -0.201. The van der Waals surface area contributed by atoms with Gasteiger partial charge in [0, 0.05) is 26.2 Å². The second-order valence-corrected chi connectivity index (χ2v) is 5.57. The van der Waals surface area contributed by atoms with Crippen molar-refractivity contribution >= 4 is 17.3 Å². The van der Waals surface area contributed by atoms with Crippen molar-refractivity contribution in [1.82, 2.24) is 4.98 Å². The fourth-order valence-electron chi connectivity index (χ4n) is 1.90. The fourth-order valence-corrected chi connectivity index (χ4v) is 2.83. The molecule has 21 heavy (non-hydrogen) atoms. The van der Waals surface area contributed by atoms with Crippen LogP contribution < -0.4 is 0 Å². The Balaban J connectivity index is 2.36. The van der Waals surface area contributed by atoms with Crippen LogP contribution in [0.2, 0.25) is 0 Å². The van der Waals surface area contributed by atoms with E-state index in [-0.39, 0.29) is 4.88 Å². The van der Waals surface area contributed by atoms with Crippen LogP contribution in [0, 0.1) is 6.92 Å². The quantitative estimate of drug-likeness (QED) is 0.831. The number of ether oxygens (including phenoxy) is 2. The van der Waals surface area contributed by atoms with Crippen molar-refractivity contribution in [1.29, 1.82) is 0 Å². The molecule has 2 aromatic rings. The second kappa shape index (κ2) is 6.80. The van der Waals surface area contributed by atoms with E-state index in [4.69, 9.17) is 9.47 Å². The standard InChI is InChI=1S/C15H17NO4S/c1-9-4-6-10(7-5-9)14-16-11(8-12(19-2)20-3)13(21-14)15(17)18/h4-7,12H,8H2,1-3H3,(H,17,18). The highest BCUT2D eigenvalue weighted by molar-refractivity contribution is 7.17. The normalized spacial score (nSPS) is 11.0. The van der Waals surface area contributed by atoms with Gasteiger partial charge in [0.15, 0.2) is 6.29 Å². The summed E-state index contributed by atoms with van der Waals surface area (Å²) in [4.78, 5) is 16.0. The first-order valence-corrected chi connectivity index (χ1v) is 7.22. The molecule has 0 aliphatic heterocycles. The van der Waals surface area contributed by atoms with E-state index in [0.29, 0.717) is 17.1 Å². The third-order valence-corrected chi connectivity index (χ3v) is 4.21. The van der Waals surface area contributed by atoms with Crippen LogP contribution in [0.15, 0.2) is 24.3 Å². The monoisotopic (exact) mass is 307 g/mol. The molecule has 6 heteroatoms. The van der Waals surface area contributed by atoms with Crippen molar-refractivity contribution in [2.24, 2.45) is 0 Å². The average molecular weight is 307 g/mol. The summed E-state index contributed by atoms with van der Waals surface area (Å²) in [6.45, 7) is 2.00. The molecule has 0 amide bonds. The van der Waals surface area contributed by atoms with Crippen molar-refractivity contribution in [3.8, 4) is 10.6 Å². The Morgan fingerprint density at radius 3 is 2.43 bits per heavy atom. The van der Waals surface area contributed by atoms with Crippen molar-refractivity contribution in [2.45, 2.75) is 19.6 Å². The highest BCUT2D eigenvalue weighted by Gasteiger charge is 2.21. The maximum atomic E-state index is 11.4. The van der Waals surface area contributed by atoms with E-state index in [9.17, 15) is 9.90 Å². The van der Waals surface area contributed by atoms with Crippen LogP contribution in [0.1, 0.15) is 20.9 Å². The summed E-state index contributed by atoms with van der Waals surface area (Å²) in [5.74, 6) is -0.980. The first-order chi connectivity index (χ1) is 10.0. The molecule has 1 aromatic heterocycles. The summed E-state index contributed by atoms with van der Waals surface area (Å²) in [7, 11) is 3.03. The van der Waals surface area contributed by atoms with Gasteiger partial charge in [0.05, 0.1) is 5.69 Å². The smallest absolute Gasteiger partial charge is 0.347 e. The van der Waals surface area contributed by atoms with E-state index in [1.54, 1.807) is 0 Å². The Morgan fingerprint density at radius 2 is 1.90 bits per heavy atom. The maximum absolute atomic E-state index is 11.4. The number of rotatable bonds is 6. The lowest BCUT2D eigenvalue weighted by Crippen LogP contribution is -2.17. The summed E-state index contributed by atoms with van der Waals surface area (Å²) in [6, 6.07) is 7.83. The van der Waals surface area contributed by atoms with Crippen LogP contribution in [0.4, 0.5) is 0 Å². The lowest BCUT2D eigenvalue weighted by Gasteiger charge is -2.11. The van der Waals surface area contributed by atoms with Crippen LogP contribution in [-0.4, -0.2) is 36.6 Å². The highest BCUT2D eigenvalue weighted by Crippen LogP contribution is 2.29. The minimum atomic E-state index is -0.980. The molecule has 0 saturated carbocycles. The molecule has 0 spiro atoms. The molecule has 0 bridgehead atoms. The number of nitrogens with zero attached hydrogens (tertiary/aromatic N) is 1. The van der Waals surface area contributed by atoms with E-state index in [2.05, 4.69) is 4.98 Å². The molecule has 0 atom stereocenters. The average Bonchev–Trinajstić information content (AvgIpc) is 2.89. The lowest BCUT2D eigenvalue weighted by atomic mass is 10.1. The number of thiazole rings is 1. The summed E-state index contributed by atoms with van der Waals surface area (Å²) in [5, 5.41) is 10.0. The van der Waals surface area contributed by atoms with Gasteiger partial charge in [-0.25, -0.2) is 9.78 Å². The number of aromatic carboxylic acids is 1. The van der Waals surface area contributed by atoms with E-state index in [1.165, 1.54) is 25.6 Å². The second-order valence-electron chi connectivity index (χ2n) is 4.57. The van der Waals surface area contributed by atoms with Gasteiger partial charge in [-0.05, 0) is 6.92 Å². The third-order valence-electron chi connectivity index (χ3n) is 3.08. The topological polar surface area (TPSA) is 68.7 Å². The third kappa shape index (κ3) is 3.66. The predicted octanol–water partition coefficient (Wildman–Crippen LogP) is 2.98. The van der Waals surface area contributed by atoms with Gasteiger partial charge in [-0.15, -0.1) is 11.3 Å². The van der Waals surface area contributed by atoms with Crippen molar-refractivity contribution in [3.63, 3.8) is 0 Å². The molecule has 1 heterocycles. The number of carboxylic acids is 1. The number of methoxy groups -OCH3 is 2. The van der Waals surface area contributed by atoms with Crippen LogP contribution >= 0.6 is 11.3 Å². The number of benzene rings is 1. The van der Waals surface area contributed by atoms with Crippen LogP contribution in [-0.2, 0) is 15.9 Å². The predicted molar refractivity (Wildman–Crippen MR) is 80.8 cm³/mol. The fraction of sp³-hybridized carbons (Fsp3) is 0.333. The summed E-state index contributed by atoms with van der Waals surface area (Å²) >= 11 is 1.17. The lowest BCUT2D eigenvalue weighted by molar-refractivity contribution is -0.101. The molecular weight excluding hydrogens is 290 g/mol. The highest BCUT2D eigenvalue weighted by atomic mass is 32.1. The molecular formula is C15H17NO4S. The summed E-state index contributed by atoms with van der Waals surface area (Å²) in [5.41, 5.74) is 2.54. The largest absolute Gasteiger partial charge is 0.477 e. The van der Waals surface area contributed by atoms with E-state index >= 15 is 0 Å². The van der Waals surface area contributed by atoms with Gasteiger partial charge in [-0.3, -0.25) is 0 Å². The Morgan fingerprint density at radius 1 is 1.29 bits per heavy atom. The van der Waals surface area contributed by atoms with Crippen molar-refractivity contribution in [2.75, 3.05) is 14.2 Å². The van der Waals surface area contributed by atoms with E-state index in [0.717, 1.165) is 11.1 Å². The molecule has 112 valence electrons. The first-order valence-electron chi connectivity index (χ1n) is 6.40. The minimum Gasteiger partial charge on any atom is -0.477 e. The number of aryl methyl sites for hydroxylation is 1. The van der Waals surface area contributed by atoms with Gasteiger partial charge < -0.3 is 14.6 Å². The molecule has 0 aliphatic rings. The van der Waals surface area contributed by atoms with Gasteiger partial charge >= 0.3 is 5.97 Å². The molecule has 0 unspecified atom stereocenters. The number of hydrogen-bond donors (Lipinski definition) is 1. The molecule has 0 saturated heterocycles. The van der Waals surface area contributed by atoms with Gasteiger partial charge in [0.2, 0.25) is 0 Å².